The van der Waals surface area contributed by atoms with E-state index in [1.165, 1.54) is 0 Å². The third-order valence-corrected chi connectivity index (χ3v) is 3.55. The quantitative estimate of drug-likeness (QED) is 0.786. The molecule has 2 aromatic rings. The van der Waals surface area contributed by atoms with E-state index in [2.05, 4.69) is 41.1 Å². The molecule has 5 heteroatoms. The SMILES string of the molecule is Cc1nc(Cl)cc(Cc2nc(C(C)(C)C)cs2)n1. The number of halogens is 1. The van der Waals surface area contributed by atoms with Crippen LogP contribution in [0.1, 0.15) is 43.0 Å². The molecular weight excluding hydrogens is 266 g/mol. The normalized spacial score (nSPS) is 11.8. The molecule has 0 radical (unpaired) electrons. The van der Waals surface area contributed by atoms with Crippen LogP contribution < -0.4 is 0 Å². The predicted octanol–water partition coefficient (Wildman–Crippen LogP) is 3.78. The molecule has 2 heterocycles. The molecular formula is C13H16ClN3S. The second-order valence-corrected chi connectivity index (χ2v) is 6.61. The lowest BCUT2D eigenvalue weighted by molar-refractivity contribution is 0.571. The van der Waals surface area contributed by atoms with Gasteiger partial charge in [0.05, 0.1) is 16.4 Å². The van der Waals surface area contributed by atoms with Gasteiger partial charge in [0.1, 0.15) is 11.0 Å². The van der Waals surface area contributed by atoms with E-state index in [1.54, 1.807) is 17.4 Å². The molecule has 0 unspecified atom stereocenters. The molecule has 0 spiro atoms. The van der Waals surface area contributed by atoms with Gasteiger partial charge in [-0.3, -0.25) is 0 Å². The molecule has 3 nitrogen and oxygen atoms in total. The van der Waals surface area contributed by atoms with Gasteiger partial charge in [-0.15, -0.1) is 11.3 Å². The maximum atomic E-state index is 5.93. The number of thiazole rings is 1. The van der Waals surface area contributed by atoms with Gasteiger partial charge < -0.3 is 0 Å². The molecule has 0 bridgehead atoms. The number of hydrogen-bond acceptors (Lipinski definition) is 4. The summed E-state index contributed by atoms with van der Waals surface area (Å²) in [5.41, 5.74) is 2.13. The molecule has 0 aliphatic rings. The first-order chi connectivity index (χ1) is 8.34. The summed E-state index contributed by atoms with van der Waals surface area (Å²) in [4.78, 5) is 13.1. The van der Waals surface area contributed by atoms with Crippen LogP contribution in [0, 0.1) is 6.92 Å². The Morgan fingerprint density at radius 3 is 2.50 bits per heavy atom. The van der Waals surface area contributed by atoms with E-state index in [4.69, 9.17) is 11.6 Å². The van der Waals surface area contributed by atoms with E-state index in [9.17, 15) is 0 Å². The van der Waals surface area contributed by atoms with Crippen molar-refractivity contribution in [2.75, 3.05) is 0 Å². The van der Waals surface area contributed by atoms with Crippen LogP contribution in [0.5, 0.6) is 0 Å². The van der Waals surface area contributed by atoms with Crippen LogP contribution in [0.4, 0.5) is 0 Å². The minimum absolute atomic E-state index is 0.0913. The highest BCUT2D eigenvalue weighted by Gasteiger charge is 2.17. The Labute approximate surface area is 116 Å². The topological polar surface area (TPSA) is 38.7 Å². The summed E-state index contributed by atoms with van der Waals surface area (Å²) in [6, 6.07) is 1.80. The van der Waals surface area contributed by atoms with E-state index in [1.807, 2.05) is 6.92 Å². The first-order valence-electron chi connectivity index (χ1n) is 5.79. The molecule has 2 rings (SSSR count). The molecule has 0 fully saturated rings. The highest BCUT2D eigenvalue weighted by atomic mass is 35.5. The Bertz CT molecular complexity index is 537. The Kier molecular flexibility index (Phi) is 3.69. The lowest BCUT2D eigenvalue weighted by Gasteiger charge is -2.14. The molecule has 0 atom stereocenters. The molecule has 0 N–H and O–H groups in total. The smallest absolute Gasteiger partial charge is 0.133 e. The van der Waals surface area contributed by atoms with Crippen molar-refractivity contribution in [3.05, 3.63) is 38.8 Å². The molecule has 0 aliphatic heterocycles. The summed E-state index contributed by atoms with van der Waals surface area (Å²) in [5, 5.41) is 3.67. The fourth-order valence-corrected chi connectivity index (χ4v) is 2.86. The van der Waals surface area contributed by atoms with Gasteiger partial charge in [-0.1, -0.05) is 32.4 Å². The van der Waals surface area contributed by atoms with Crippen molar-refractivity contribution in [3.8, 4) is 0 Å². The van der Waals surface area contributed by atoms with Crippen LogP contribution in [0.2, 0.25) is 5.15 Å². The van der Waals surface area contributed by atoms with Crippen molar-refractivity contribution >= 4 is 22.9 Å². The number of aryl methyl sites for hydroxylation is 1. The Morgan fingerprint density at radius 1 is 1.22 bits per heavy atom. The number of rotatable bonds is 2. The van der Waals surface area contributed by atoms with Crippen LogP contribution in [0.15, 0.2) is 11.4 Å². The Morgan fingerprint density at radius 2 is 1.94 bits per heavy atom. The molecule has 0 aromatic carbocycles. The summed E-state index contributed by atoms with van der Waals surface area (Å²) in [6.45, 7) is 8.34. The van der Waals surface area contributed by atoms with Gasteiger partial charge in [0.2, 0.25) is 0 Å². The molecule has 0 saturated carbocycles. The third-order valence-electron chi connectivity index (χ3n) is 2.51. The maximum Gasteiger partial charge on any atom is 0.133 e. The van der Waals surface area contributed by atoms with Gasteiger partial charge in [-0.25, -0.2) is 15.0 Å². The van der Waals surface area contributed by atoms with E-state index in [-0.39, 0.29) is 5.41 Å². The van der Waals surface area contributed by atoms with Crippen molar-refractivity contribution < 1.29 is 0 Å². The number of aromatic nitrogens is 3. The van der Waals surface area contributed by atoms with Crippen LogP contribution in [-0.2, 0) is 11.8 Å². The van der Waals surface area contributed by atoms with Crippen LogP contribution in [-0.4, -0.2) is 15.0 Å². The number of nitrogens with zero attached hydrogens (tertiary/aromatic N) is 3. The highest BCUT2D eigenvalue weighted by molar-refractivity contribution is 7.09. The minimum Gasteiger partial charge on any atom is -0.245 e. The second kappa shape index (κ2) is 4.94. The van der Waals surface area contributed by atoms with Crippen LogP contribution in [0.25, 0.3) is 0 Å². The summed E-state index contributed by atoms with van der Waals surface area (Å²) in [5.74, 6) is 0.699. The molecule has 0 aliphatic carbocycles. The molecule has 2 aromatic heterocycles. The van der Waals surface area contributed by atoms with Gasteiger partial charge in [0, 0.05) is 17.2 Å². The van der Waals surface area contributed by atoms with Crippen LogP contribution >= 0.6 is 22.9 Å². The second-order valence-electron chi connectivity index (χ2n) is 5.28. The zero-order valence-corrected chi connectivity index (χ0v) is 12.6. The van der Waals surface area contributed by atoms with Gasteiger partial charge in [-0.05, 0) is 13.0 Å². The van der Waals surface area contributed by atoms with Crippen molar-refractivity contribution in [1.29, 1.82) is 0 Å². The monoisotopic (exact) mass is 281 g/mol. The summed E-state index contributed by atoms with van der Waals surface area (Å²) in [7, 11) is 0. The van der Waals surface area contributed by atoms with Crippen LogP contribution in [0.3, 0.4) is 0 Å². The molecule has 96 valence electrons. The van der Waals surface area contributed by atoms with E-state index >= 15 is 0 Å². The first kappa shape index (κ1) is 13.4. The van der Waals surface area contributed by atoms with Crippen molar-refractivity contribution in [2.24, 2.45) is 0 Å². The minimum atomic E-state index is 0.0913. The lowest BCUT2D eigenvalue weighted by Crippen LogP contribution is -2.11. The largest absolute Gasteiger partial charge is 0.245 e. The summed E-state index contributed by atoms with van der Waals surface area (Å²) < 4.78 is 0. The zero-order valence-electron chi connectivity index (χ0n) is 11.0. The standard InChI is InChI=1S/C13H16ClN3S/c1-8-15-9(5-11(14)16-8)6-12-17-10(7-18-12)13(2,3)4/h5,7H,6H2,1-4H3. The van der Waals surface area contributed by atoms with Gasteiger partial charge in [-0.2, -0.15) is 0 Å². The summed E-state index contributed by atoms with van der Waals surface area (Å²) in [6.07, 6.45) is 0.712. The van der Waals surface area contributed by atoms with E-state index in [0.717, 1.165) is 16.4 Å². The van der Waals surface area contributed by atoms with Crippen molar-refractivity contribution in [2.45, 2.75) is 39.5 Å². The average molecular weight is 282 g/mol. The number of hydrogen-bond donors (Lipinski definition) is 0. The van der Waals surface area contributed by atoms with Gasteiger partial charge >= 0.3 is 0 Å². The third kappa shape index (κ3) is 3.27. The van der Waals surface area contributed by atoms with Crippen molar-refractivity contribution in [1.82, 2.24) is 15.0 Å². The fourth-order valence-electron chi connectivity index (χ4n) is 1.57. The predicted molar refractivity (Wildman–Crippen MR) is 75.4 cm³/mol. The van der Waals surface area contributed by atoms with Crippen molar-refractivity contribution in [3.63, 3.8) is 0 Å². The highest BCUT2D eigenvalue weighted by Crippen LogP contribution is 2.25. The first-order valence-corrected chi connectivity index (χ1v) is 7.05. The lowest BCUT2D eigenvalue weighted by atomic mass is 9.93. The van der Waals surface area contributed by atoms with Gasteiger partial charge in [0.25, 0.3) is 0 Å². The molecule has 0 saturated heterocycles. The Hall–Kier alpha value is -1.00. The fraction of sp³-hybridized carbons (Fsp3) is 0.462. The average Bonchev–Trinajstić information content (AvgIpc) is 2.63. The maximum absolute atomic E-state index is 5.93. The van der Waals surface area contributed by atoms with E-state index < -0.39 is 0 Å². The van der Waals surface area contributed by atoms with Gasteiger partial charge in [0.15, 0.2) is 0 Å². The zero-order chi connectivity index (χ0) is 13.3. The Balaban J connectivity index is 2.21. The van der Waals surface area contributed by atoms with E-state index in [0.29, 0.717) is 17.4 Å². The molecule has 0 amide bonds. The molecule has 18 heavy (non-hydrogen) atoms. The summed E-state index contributed by atoms with van der Waals surface area (Å²) >= 11 is 7.59.